The number of aromatic nitrogens is 4. The average Bonchev–Trinajstić information content (AvgIpc) is 3.25. The van der Waals surface area contributed by atoms with Gasteiger partial charge in [-0.05, 0) is 41.8 Å². The van der Waals surface area contributed by atoms with Gasteiger partial charge in [-0.3, -0.25) is 14.5 Å². The Labute approximate surface area is 189 Å². The first-order valence-corrected chi connectivity index (χ1v) is 10.3. The highest BCUT2D eigenvalue weighted by atomic mass is 19.1. The van der Waals surface area contributed by atoms with Crippen LogP contribution in [0.2, 0.25) is 0 Å². The van der Waals surface area contributed by atoms with Crippen molar-refractivity contribution >= 4 is 11.7 Å². The Morgan fingerprint density at radius 2 is 1.94 bits per heavy atom. The molecular weight excluding hydrogens is 426 g/mol. The largest absolute Gasteiger partial charge is 0.369 e. The molecule has 0 bridgehead atoms. The first-order chi connectivity index (χ1) is 16.0. The van der Waals surface area contributed by atoms with E-state index < -0.39 is 11.7 Å². The molecule has 33 heavy (non-hydrogen) atoms. The number of hydrogen-bond acceptors (Lipinski definition) is 5. The highest BCUT2D eigenvalue weighted by Gasteiger charge is 2.19. The average molecular weight is 448 g/mol. The summed E-state index contributed by atoms with van der Waals surface area (Å²) in [5.41, 5.74) is 2.25. The van der Waals surface area contributed by atoms with Gasteiger partial charge in [-0.25, -0.2) is 13.8 Å². The van der Waals surface area contributed by atoms with Crippen LogP contribution in [-0.4, -0.2) is 32.2 Å². The molecule has 0 saturated carbocycles. The van der Waals surface area contributed by atoms with Crippen molar-refractivity contribution in [3.63, 3.8) is 0 Å². The first kappa shape index (κ1) is 22.1. The lowest BCUT2D eigenvalue weighted by molar-refractivity contribution is 0.0951. The molecule has 0 fully saturated rings. The molecule has 9 heteroatoms. The van der Waals surface area contributed by atoms with Gasteiger partial charge in [-0.2, -0.15) is 5.10 Å². The minimum Gasteiger partial charge on any atom is -0.369 e. The van der Waals surface area contributed by atoms with Crippen molar-refractivity contribution in [2.24, 2.45) is 7.05 Å². The summed E-state index contributed by atoms with van der Waals surface area (Å²) in [6, 6.07) is 11.0. The highest BCUT2D eigenvalue weighted by molar-refractivity contribution is 5.99. The minimum atomic E-state index is -0.634. The van der Waals surface area contributed by atoms with E-state index in [0.717, 1.165) is 11.1 Å². The van der Waals surface area contributed by atoms with E-state index >= 15 is 0 Å². The van der Waals surface area contributed by atoms with Crippen LogP contribution in [-0.2, 0) is 20.0 Å². The maximum absolute atomic E-state index is 14.9. The molecule has 0 spiro atoms. The third kappa shape index (κ3) is 5.57. The van der Waals surface area contributed by atoms with Crippen molar-refractivity contribution in [3.8, 4) is 11.3 Å². The zero-order valence-electron chi connectivity index (χ0n) is 17.9. The number of carbonyl (C=O) groups excluding carboxylic acids is 1. The number of nitrogens with one attached hydrogen (secondary N) is 2. The van der Waals surface area contributed by atoms with Gasteiger partial charge in [0, 0.05) is 44.3 Å². The van der Waals surface area contributed by atoms with Gasteiger partial charge in [-0.15, -0.1) is 0 Å². The lowest BCUT2D eigenvalue weighted by atomic mass is 10.1. The van der Waals surface area contributed by atoms with Gasteiger partial charge in [-0.1, -0.05) is 18.2 Å². The van der Waals surface area contributed by atoms with E-state index in [1.54, 1.807) is 42.5 Å². The van der Waals surface area contributed by atoms with Crippen molar-refractivity contribution in [2.75, 3.05) is 11.9 Å². The van der Waals surface area contributed by atoms with Crippen LogP contribution in [0.5, 0.6) is 0 Å². The summed E-state index contributed by atoms with van der Waals surface area (Å²) in [5.74, 6) is -1.20. The number of nitrogens with zero attached hydrogens (tertiary/aromatic N) is 4. The van der Waals surface area contributed by atoms with Crippen molar-refractivity contribution in [3.05, 3.63) is 95.6 Å². The molecule has 168 valence electrons. The predicted molar refractivity (Wildman–Crippen MR) is 120 cm³/mol. The Kier molecular flexibility index (Phi) is 6.68. The highest BCUT2D eigenvalue weighted by Crippen LogP contribution is 2.25. The Hall–Kier alpha value is -4.14. The summed E-state index contributed by atoms with van der Waals surface area (Å²) in [7, 11) is 1.72. The van der Waals surface area contributed by atoms with E-state index in [2.05, 4.69) is 25.7 Å². The molecule has 1 amide bonds. The Balaban J connectivity index is 1.57. The molecule has 0 aliphatic carbocycles. The second-order valence-electron chi connectivity index (χ2n) is 7.47. The summed E-state index contributed by atoms with van der Waals surface area (Å²) >= 11 is 0. The first-order valence-electron chi connectivity index (χ1n) is 10.3. The topological polar surface area (TPSA) is 84.7 Å². The van der Waals surface area contributed by atoms with Crippen molar-refractivity contribution in [1.82, 2.24) is 25.1 Å². The summed E-state index contributed by atoms with van der Waals surface area (Å²) in [6.45, 7) is 0.610. The number of carbonyl (C=O) groups is 1. The lowest BCUT2D eigenvalue weighted by Crippen LogP contribution is -2.25. The molecule has 4 aromatic rings. The van der Waals surface area contributed by atoms with Crippen molar-refractivity contribution in [2.45, 2.75) is 13.0 Å². The lowest BCUT2D eigenvalue weighted by Gasteiger charge is -2.14. The molecule has 1 aromatic carbocycles. The second kappa shape index (κ2) is 9.99. The fourth-order valence-corrected chi connectivity index (χ4v) is 3.34. The molecule has 0 aliphatic heterocycles. The number of amides is 1. The van der Waals surface area contributed by atoms with Crippen LogP contribution >= 0.6 is 0 Å². The van der Waals surface area contributed by atoms with E-state index in [9.17, 15) is 13.6 Å². The Bertz CT molecular complexity index is 1260. The van der Waals surface area contributed by atoms with Gasteiger partial charge in [0.15, 0.2) is 5.82 Å². The summed E-state index contributed by atoms with van der Waals surface area (Å²) < 4.78 is 29.9. The number of aryl methyl sites for hydroxylation is 1. The quantitative estimate of drug-likeness (QED) is 0.429. The van der Waals surface area contributed by atoms with E-state index in [0.29, 0.717) is 18.5 Å². The van der Waals surface area contributed by atoms with E-state index in [1.165, 1.54) is 24.4 Å². The van der Waals surface area contributed by atoms with Crippen LogP contribution in [0.25, 0.3) is 11.3 Å². The van der Waals surface area contributed by atoms with Gasteiger partial charge >= 0.3 is 0 Å². The Morgan fingerprint density at radius 1 is 1.09 bits per heavy atom. The van der Waals surface area contributed by atoms with Crippen LogP contribution in [0.1, 0.15) is 21.5 Å². The molecule has 2 N–H and O–H groups in total. The van der Waals surface area contributed by atoms with Gasteiger partial charge < -0.3 is 10.6 Å². The van der Waals surface area contributed by atoms with Gasteiger partial charge in [0.25, 0.3) is 5.91 Å². The summed E-state index contributed by atoms with van der Waals surface area (Å²) in [6.07, 6.45) is 6.93. The third-order valence-corrected chi connectivity index (χ3v) is 4.97. The number of rotatable bonds is 8. The van der Waals surface area contributed by atoms with E-state index in [4.69, 9.17) is 0 Å². The molecule has 0 unspecified atom stereocenters. The maximum atomic E-state index is 14.9. The zero-order valence-corrected chi connectivity index (χ0v) is 17.9. The minimum absolute atomic E-state index is 0.0725. The summed E-state index contributed by atoms with van der Waals surface area (Å²) in [4.78, 5) is 21.3. The van der Waals surface area contributed by atoms with Gasteiger partial charge in [0.05, 0.1) is 11.8 Å². The fourth-order valence-electron chi connectivity index (χ4n) is 3.34. The molecular formula is C24H22F2N6O. The number of pyridine rings is 2. The summed E-state index contributed by atoms with van der Waals surface area (Å²) in [5, 5.41) is 9.94. The van der Waals surface area contributed by atoms with Crippen LogP contribution in [0, 0.1) is 11.6 Å². The number of hydrogen-bond donors (Lipinski definition) is 2. The normalized spacial score (nSPS) is 10.8. The van der Waals surface area contributed by atoms with Gasteiger partial charge in [0.2, 0.25) is 0 Å². The number of halogens is 2. The fraction of sp³-hybridized carbons (Fsp3) is 0.167. The molecule has 3 heterocycles. The molecule has 0 atom stereocenters. The molecule has 0 radical (unpaired) electrons. The molecule has 0 saturated heterocycles. The van der Waals surface area contributed by atoms with Crippen LogP contribution in [0.15, 0.2) is 67.3 Å². The maximum Gasteiger partial charge on any atom is 0.255 e. The van der Waals surface area contributed by atoms with Crippen LogP contribution < -0.4 is 10.6 Å². The second-order valence-corrected chi connectivity index (χ2v) is 7.47. The molecule has 7 nitrogen and oxygen atoms in total. The van der Waals surface area contributed by atoms with E-state index in [-0.39, 0.29) is 29.4 Å². The standard InChI is InChI=1S/C24H22F2N6O/c1-32-15-18(14-30-32)22-21(26)11-20(24(33)29-13-17-5-3-8-27-12-17)23(31-22)28-9-7-16-4-2-6-19(25)10-16/h2-6,8,10-12,14-15H,7,9,13H2,1H3,(H,28,31)(H,29,33). The number of benzene rings is 1. The SMILES string of the molecule is Cn1cc(-c2nc(NCCc3cccc(F)c3)c(C(=O)NCc3cccnc3)cc2F)cn1. The third-order valence-electron chi connectivity index (χ3n) is 4.97. The van der Waals surface area contributed by atoms with Crippen molar-refractivity contribution in [1.29, 1.82) is 0 Å². The molecule has 4 rings (SSSR count). The van der Waals surface area contributed by atoms with Crippen molar-refractivity contribution < 1.29 is 13.6 Å². The number of anilines is 1. The predicted octanol–water partition coefficient (Wildman–Crippen LogP) is 3.74. The molecule has 3 aromatic heterocycles. The van der Waals surface area contributed by atoms with Crippen LogP contribution in [0.3, 0.4) is 0 Å². The van der Waals surface area contributed by atoms with Crippen LogP contribution in [0.4, 0.5) is 14.6 Å². The Morgan fingerprint density at radius 3 is 2.67 bits per heavy atom. The zero-order chi connectivity index (χ0) is 23.2. The van der Waals surface area contributed by atoms with E-state index in [1.807, 2.05) is 12.1 Å². The van der Waals surface area contributed by atoms with Gasteiger partial charge in [0.1, 0.15) is 17.3 Å². The molecule has 0 aliphatic rings. The monoisotopic (exact) mass is 448 g/mol. The smallest absolute Gasteiger partial charge is 0.255 e.